The van der Waals surface area contributed by atoms with E-state index in [0.29, 0.717) is 32.6 Å². The second kappa shape index (κ2) is 7.93. The number of aromatic nitrogens is 4. The number of nitrogens with one attached hydrogen (secondary N) is 2. The summed E-state index contributed by atoms with van der Waals surface area (Å²) < 4.78 is 1.55. The van der Waals surface area contributed by atoms with E-state index in [-0.39, 0.29) is 11.3 Å². The van der Waals surface area contributed by atoms with E-state index in [4.69, 9.17) is 23.2 Å². The molecule has 150 valence electrons. The maximum absolute atomic E-state index is 12.3. The van der Waals surface area contributed by atoms with E-state index >= 15 is 0 Å². The average Bonchev–Trinajstić information content (AvgIpc) is 3.19. The van der Waals surface area contributed by atoms with Crippen LogP contribution in [-0.2, 0) is 0 Å². The molecule has 0 bridgehead atoms. The molecule has 0 fully saturated rings. The van der Waals surface area contributed by atoms with E-state index in [1.807, 2.05) is 0 Å². The Morgan fingerprint density at radius 3 is 2.70 bits per heavy atom. The van der Waals surface area contributed by atoms with Crippen LogP contribution in [0.25, 0.3) is 16.7 Å². The molecule has 0 unspecified atom stereocenters. The van der Waals surface area contributed by atoms with Crippen LogP contribution in [0.5, 0.6) is 0 Å². The maximum atomic E-state index is 12.3. The first kappa shape index (κ1) is 19.6. The Kier molecular flexibility index (Phi) is 5.17. The zero-order chi connectivity index (χ0) is 21.3. The molecule has 10 nitrogen and oxygen atoms in total. The molecular weight excluding hydrogens is 433 g/mol. The van der Waals surface area contributed by atoms with Gasteiger partial charge in [-0.15, -0.1) is 0 Å². The van der Waals surface area contributed by atoms with E-state index in [0.717, 1.165) is 0 Å². The predicted octanol–water partition coefficient (Wildman–Crippen LogP) is 3.79. The summed E-state index contributed by atoms with van der Waals surface area (Å²) in [6, 6.07) is 10.4. The number of hydrogen-bond donors (Lipinski definition) is 2. The molecule has 12 heteroatoms. The van der Waals surface area contributed by atoms with Crippen LogP contribution >= 0.6 is 23.2 Å². The summed E-state index contributed by atoms with van der Waals surface area (Å²) in [5.74, 6) is -0.271. The van der Waals surface area contributed by atoms with Crippen LogP contribution in [0.15, 0.2) is 55.0 Å². The number of benzene rings is 2. The van der Waals surface area contributed by atoms with Gasteiger partial charge in [0.25, 0.3) is 11.6 Å². The van der Waals surface area contributed by atoms with Crippen LogP contribution < -0.4 is 10.9 Å². The Hall–Kier alpha value is -3.76. The summed E-state index contributed by atoms with van der Waals surface area (Å²) in [6.07, 6.45) is 2.83. The first-order chi connectivity index (χ1) is 14.4. The third kappa shape index (κ3) is 3.73. The summed E-state index contributed by atoms with van der Waals surface area (Å²) >= 11 is 12.0. The Labute approximate surface area is 178 Å². The number of anilines is 1. The second-order valence-corrected chi connectivity index (χ2v) is 6.82. The number of hydrazine groups is 1. The highest BCUT2D eigenvalue weighted by Crippen LogP contribution is 2.27. The van der Waals surface area contributed by atoms with Crippen molar-refractivity contribution in [3.63, 3.8) is 0 Å². The second-order valence-electron chi connectivity index (χ2n) is 6.00. The summed E-state index contributed by atoms with van der Waals surface area (Å²) in [7, 11) is 0. The number of carbonyl (C=O) groups is 1. The first-order valence-electron chi connectivity index (χ1n) is 8.39. The van der Waals surface area contributed by atoms with Gasteiger partial charge in [-0.25, -0.2) is 14.6 Å². The van der Waals surface area contributed by atoms with Crippen LogP contribution in [0, 0.1) is 10.1 Å². The van der Waals surface area contributed by atoms with E-state index in [1.54, 1.807) is 22.9 Å². The number of nitro groups is 1. The summed E-state index contributed by atoms with van der Waals surface area (Å²) in [6.45, 7) is 0. The van der Waals surface area contributed by atoms with Gasteiger partial charge in [-0.05, 0) is 24.3 Å². The Balaban J connectivity index is 1.59. The molecule has 0 atom stereocenters. The van der Waals surface area contributed by atoms with E-state index in [9.17, 15) is 14.9 Å². The zero-order valence-electron chi connectivity index (χ0n) is 14.9. The van der Waals surface area contributed by atoms with Crippen LogP contribution in [0.2, 0.25) is 10.0 Å². The van der Waals surface area contributed by atoms with Gasteiger partial charge in [0.1, 0.15) is 6.33 Å². The molecule has 0 aliphatic heterocycles. The lowest BCUT2D eigenvalue weighted by atomic mass is 10.2. The Morgan fingerprint density at radius 2 is 1.93 bits per heavy atom. The molecule has 0 aliphatic carbocycles. The Bertz CT molecular complexity index is 1290. The minimum absolute atomic E-state index is 0.119. The molecule has 4 aromatic rings. The third-order valence-corrected chi connectivity index (χ3v) is 4.87. The quantitative estimate of drug-likeness (QED) is 0.354. The molecule has 0 saturated carbocycles. The molecule has 2 aromatic heterocycles. The summed E-state index contributed by atoms with van der Waals surface area (Å²) in [5.41, 5.74) is 6.21. The van der Waals surface area contributed by atoms with Crippen molar-refractivity contribution in [3.05, 3.63) is 80.7 Å². The summed E-state index contributed by atoms with van der Waals surface area (Å²) in [4.78, 5) is 31.0. The van der Waals surface area contributed by atoms with Crippen molar-refractivity contribution in [1.82, 2.24) is 25.2 Å². The molecule has 0 aliphatic rings. The van der Waals surface area contributed by atoms with Crippen LogP contribution in [0.1, 0.15) is 10.4 Å². The molecule has 2 heterocycles. The summed E-state index contributed by atoms with van der Waals surface area (Å²) in [5, 5.41) is 16.5. The molecule has 2 aromatic carbocycles. The van der Waals surface area contributed by atoms with Gasteiger partial charge in [0, 0.05) is 17.7 Å². The largest absolute Gasteiger partial charge is 0.281 e. The number of nitrogens with zero attached hydrogens (tertiary/aromatic N) is 5. The van der Waals surface area contributed by atoms with E-state index in [2.05, 4.69) is 25.9 Å². The molecule has 30 heavy (non-hydrogen) atoms. The lowest BCUT2D eigenvalue weighted by Gasteiger charge is -2.09. The number of fused-ring (bicyclic) bond motifs is 1. The van der Waals surface area contributed by atoms with Crippen molar-refractivity contribution >= 4 is 51.6 Å². The van der Waals surface area contributed by atoms with Crippen LogP contribution in [-0.4, -0.2) is 30.6 Å². The van der Waals surface area contributed by atoms with Crippen molar-refractivity contribution in [3.8, 4) is 5.69 Å². The highest BCUT2D eigenvalue weighted by molar-refractivity contribution is 6.42. The lowest BCUT2D eigenvalue weighted by Crippen LogP contribution is -2.29. The third-order valence-electron chi connectivity index (χ3n) is 4.13. The number of non-ortho nitro benzene ring substituents is 1. The number of carbonyl (C=O) groups excluding carboxylic acids is 1. The monoisotopic (exact) mass is 443 g/mol. The van der Waals surface area contributed by atoms with Gasteiger partial charge in [-0.2, -0.15) is 5.10 Å². The van der Waals surface area contributed by atoms with Gasteiger partial charge < -0.3 is 0 Å². The lowest BCUT2D eigenvalue weighted by molar-refractivity contribution is -0.384. The van der Waals surface area contributed by atoms with Crippen LogP contribution in [0.4, 0.5) is 11.5 Å². The number of hydrogen-bond acceptors (Lipinski definition) is 7. The van der Waals surface area contributed by atoms with Gasteiger partial charge in [-0.3, -0.25) is 25.8 Å². The number of halogens is 2. The minimum Gasteiger partial charge on any atom is -0.281 e. The Morgan fingerprint density at radius 1 is 1.10 bits per heavy atom. The van der Waals surface area contributed by atoms with Crippen molar-refractivity contribution in [2.75, 3.05) is 5.43 Å². The predicted molar refractivity (Wildman–Crippen MR) is 111 cm³/mol. The van der Waals surface area contributed by atoms with Gasteiger partial charge >= 0.3 is 0 Å². The smallest absolute Gasteiger partial charge is 0.270 e. The topological polar surface area (TPSA) is 128 Å². The van der Waals surface area contributed by atoms with Crippen molar-refractivity contribution in [2.24, 2.45) is 0 Å². The first-order valence-corrected chi connectivity index (χ1v) is 9.14. The van der Waals surface area contributed by atoms with Gasteiger partial charge in [0.2, 0.25) is 0 Å². The SMILES string of the molecule is O=C(NNc1ncnc2c1cnn2-c1ccc(Cl)c(Cl)c1)c1cccc([N+](=O)[O-])c1. The van der Waals surface area contributed by atoms with E-state index in [1.165, 1.54) is 36.8 Å². The minimum atomic E-state index is -0.574. The molecule has 0 radical (unpaired) electrons. The van der Waals surface area contributed by atoms with Crippen molar-refractivity contribution in [2.45, 2.75) is 0 Å². The van der Waals surface area contributed by atoms with Crippen molar-refractivity contribution in [1.29, 1.82) is 0 Å². The molecule has 2 N–H and O–H groups in total. The molecule has 0 saturated heterocycles. The fourth-order valence-electron chi connectivity index (χ4n) is 2.70. The van der Waals surface area contributed by atoms with Crippen molar-refractivity contribution < 1.29 is 9.72 Å². The van der Waals surface area contributed by atoms with Gasteiger partial charge in [0.15, 0.2) is 11.5 Å². The number of rotatable bonds is 5. The van der Waals surface area contributed by atoms with Crippen LogP contribution in [0.3, 0.4) is 0 Å². The molecule has 0 spiro atoms. The average molecular weight is 444 g/mol. The molecular formula is C18H11Cl2N7O3. The molecule has 4 rings (SSSR count). The standard InChI is InChI=1S/C18H11Cl2N7O3/c19-14-5-4-11(7-15(14)20)26-17-13(8-23-26)16(21-9-22-17)24-25-18(28)10-2-1-3-12(6-10)27(29)30/h1-9H,(H,25,28)(H,21,22,24). The van der Waals surface area contributed by atoms with E-state index < -0.39 is 10.8 Å². The highest BCUT2D eigenvalue weighted by atomic mass is 35.5. The number of nitro benzene ring substituents is 1. The maximum Gasteiger partial charge on any atom is 0.270 e. The fraction of sp³-hybridized carbons (Fsp3) is 0. The highest BCUT2D eigenvalue weighted by Gasteiger charge is 2.14. The van der Waals surface area contributed by atoms with Gasteiger partial charge in [-0.1, -0.05) is 29.3 Å². The number of amides is 1. The normalized spacial score (nSPS) is 10.7. The van der Waals surface area contributed by atoms with Gasteiger partial charge in [0.05, 0.1) is 32.2 Å². The fourth-order valence-corrected chi connectivity index (χ4v) is 2.99. The molecule has 1 amide bonds. The zero-order valence-corrected chi connectivity index (χ0v) is 16.4.